The molecule has 0 unspecified atom stereocenters. The highest BCUT2D eigenvalue weighted by Gasteiger charge is 2.20. The van der Waals surface area contributed by atoms with E-state index in [1.54, 1.807) is 0 Å². The van der Waals surface area contributed by atoms with Crippen LogP contribution in [0.15, 0.2) is 30.6 Å². The van der Waals surface area contributed by atoms with E-state index in [0.29, 0.717) is 0 Å². The average molecular weight is 241 g/mol. The number of nitrogens with zero attached hydrogens (tertiary/aromatic N) is 2. The van der Waals surface area contributed by atoms with Crippen molar-refractivity contribution in [1.82, 2.24) is 15.1 Å². The zero-order chi connectivity index (χ0) is 12.5. The van der Waals surface area contributed by atoms with Gasteiger partial charge in [-0.2, -0.15) is 5.10 Å². The Labute approximate surface area is 108 Å². The smallest absolute Gasteiger partial charge is 0.0677 e. The Morgan fingerprint density at radius 1 is 1.33 bits per heavy atom. The molecule has 0 bridgehead atoms. The fraction of sp³-hybridized carbons (Fsp3) is 0.400. The summed E-state index contributed by atoms with van der Waals surface area (Å²) in [6.07, 6.45) is 6.73. The standard InChI is InChI=1S/C15H19N3/c1-11-3-4-12(2)15(7-11)18-10-13(9-17-18)8-16-14-5-6-14/h3-4,7,9-10,14,16H,5-6,8H2,1-2H3. The molecule has 1 heterocycles. The van der Waals surface area contributed by atoms with Gasteiger partial charge >= 0.3 is 0 Å². The first-order chi connectivity index (χ1) is 8.72. The summed E-state index contributed by atoms with van der Waals surface area (Å²) in [4.78, 5) is 0. The Balaban J connectivity index is 1.80. The van der Waals surface area contributed by atoms with Crippen molar-refractivity contribution in [3.63, 3.8) is 0 Å². The lowest BCUT2D eigenvalue weighted by Crippen LogP contribution is -2.14. The molecule has 1 saturated carbocycles. The van der Waals surface area contributed by atoms with E-state index in [9.17, 15) is 0 Å². The second-order valence-electron chi connectivity index (χ2n) is 5.24. The molecule has 3 heteroatoms. The Morgan fingerprint density at radius 3 is 2.94 bits per heavy atom. The molecule has 0 atom stereocenters. The van der Waals surface area contributed by atoms with Crippen LogP contribution in [-0.4, -0.2) is 15.8 Å². The number of nitrogens with one attached hydrogen (secondary N) is 1. The molecule has 1 N–H and O–H groups in total. The monoisotopic (exact) mass is 241 g/mol. The first-order valence-electron chi connectivity index (χ1n) is 6.57. The van der Waals surface area contributed by atoms with Crippen molar-refractivity contribution in [1.29, 1.82) is 0 Å². The SMILES string of the molecule is Cc1ccc(C)c(-n2cc(CNC3CC3)cn2)c1. The predicted molar refractivity (Wildman–Crippen MR) is 72.9 cm³/mol. The Morgan fingerprint density at radius 2 is 2.17 bits per heavy atom. The number of benzene rings is 1. The summed E-state index contributed by atoms with van der Waals surface area (Å²) in [5.41, 5.74) is 4.95. The molecule has 3 rings (SSSR count). The van der Waals surface area contributed by atoms with Crippen LogP contribution in [0.3, 0.4) is 0 Å². The van der Waals surface area contributed by atoms with Crippen LogP contribution in [0.2, 0.25) is 0 Å². The minimum absolute atomic E-state index is 0.744. The molecule has 3 nitrogen and oxygen atoms in total. The highest BCUT2D eigenvalue weighted by molar-refractivity contribution is 5.42. The van der Waals surface area contributed by atoms with Crippen molar-refractivity contribution in [2.24, 2.45) is 0 Å². The lowest BCUT2D eigenvalue weighted by atomic mass is 10.1. The van der Waals surface area contributed by atoms with E-state index in [0.717, 1.165) is 12.6 Å². The van der Waals surface area contributed by atoms with E-state index in [1.165, 1.54) is 35.2 Å². The van der Waals surface area contributed by atoms with E-state index >= 15 is 0 Å². The predicted octanol–water partition coefficient (Wildman–Crippen LogP) is 2.74. The van der Waals surface area contributed by atoms with Crippen molar-refractivity contribution in [2.45, 2.75) is 39.3 Å². The third-order valence-electron chi connectivity index (χ3n) is 3.42. The van der Waals surface area contributed by atoms with Crippen molar-refractivity contribution < 1.29 is 0 Å². The largest absolute Gasteiger partial charge is 0.310 e. The summed E-state index contributed by atoms with van der Waals surface area (Å²) in [7, 11) is 0. The van der Waals surface area contributed by atoms with Crippen LogP contribution in [0.4, 0.5) is 0 Å². The Kier molecular flexibility index (Phi) is 2.92. The van der Waals surface area contributed by atoms with Crippen molar-refractivity contribution >= 4 is 0 Å². The van der Waals surface area contributed by atoms with E-state index in [4.69, 9.17) is 0 Å². The van der Waals surface area contributed by atoms with Gasteiger partial charge in [0.25, 0.3) is 0 Å². The molecule has 1 fully saturated rings. The molecule has 1 aliphatic rings. The third-order valence-corrected chi connectivity index (χ3v) is 3.42. The van der Waals surface area contributed by atoms with Gasteiger partial charge in [-0.3, -0.25) is 0 Å². The van der Waals surface area contributed by atoms with Gasteiger partial charge in [0.1, 0.15) is 0 Å². The quantitative estimate of drug-likeness (QED) is 0.892. The highest BCUT2D eigenvalue weighted by atomic mass is 15.3. The summed E-state index contributed by atoms with van der Waals surface area (Å²) in [6.45, 7) is 5.16. The minimum Gasteiger partial charge on any atom is -0.310 e. The van der Waals surface area contributed by atoms with E-state index in [2.05, 4.69) is 48.7 Å². The van der Waals surface area contributed by atoms with Gasteiger partial charge in [-0.15, -0.1) is 0 Å². The molecule has 2 aromatic rings. The molecule has 0 saturated heterocycles. The second kappa shape index (κ2) is 4.58. The zero-order valence-electron chi connectivity index (χ0n) is 11.0. The number of aryl methyl sites for hydroxylation is 2. The summed E-state index contributed by atoms with van der Waals surface area (Å²) in [6, 6.07) is 7.21. The summed E-state index contributed by atoms with van der Waals surface area (Å²) >= 11 is 0. The van der Waals surface area contributed by atoms with Crippen LogP contribution < -0.4 is 5.32 Å². The van der Waals surface area contributed by atoms with Gasteiger partial charge in [0.2, 0.25) is 0 Å². The number of hydrogen-bond acceptors (Lipinski definition) is 2. The maximum absolute atomic E-state index is 4.46. The Bertz CT molecular complexity index is 553. The molecule has 94 valence electrons. The van der Waals surface area contributed by atoms with Crippen LogP contribution in [0.1, 0.15) is 29.5 Å². The van der Waals surface area contributed by atoms with Crippen LogP contribution in [0.5, 0.6) is 0 Å². The van der Waals surface area contributed by atoms with Gasteiger partial charge in [-0.1, -0.05) is 12.1 Å². The summed E-state index contributed by atoms with van der Waals surface area (Å²) < 4.78 is 1.98. The molecule has 1 aromatic carbocycles. The first kappa shape index (κ1) is 11.5. The number of hydrogen-bond donors (Lipinski definition) is 1. The van der Waals surface area contributed by atoms with E-state index < -0.39 is 0 Å². The molecule has 0 radical (unpaired) electrons. The van der Waals surface area contributed by atoms with Gasteiger partial charge in [0, 0.05) is 24.3 Å². The molecule has 18 heavy (non-hydrogen) atoms. The van der Waals surface area contributed by atoms with Crippen molar-refractivity contribution in [3.8, 4) is 5.69 Å². The topological polar surface area (TPSA) is 29.9 Å². The molecule has 0 aliphatic heterocycles. The van der Waals surface area contributed by atoms with Crippen molar-refractivity contribution in [3.05, 3.63) is 47.3 Å². The van der Waals surface area contributed by atoms with Gasteiger partial charge < -0.3 is 5.32 Å². The molecular weight excluding hydrogens is 222 g/mol. The van der Waals surface area contributed by atoms with Gasteiger partial charge in [-0.05, 0) is 43.9 Å². The van der Waals surface area contributed by atoms with Gasteiger partial charge in [0.05, 0.1) is 11.9 Å². The minimum atomic E-state index is 0.744. The maximum atomic E-state index is 4.46. The number of aromatic nitrogens is 2. The molecule has 0 amide bonds. The van der Waals surface area contributed by atoms with E-state index in [1.807, 2.05) is 10.9 Å². The number of rotatable bonds is 4. The molecule has 0 spiro atoms. The van der Waals surface area contributed by atoms with Crippen LogP contribution in [0.25, 0.3) is 5.69 Å². The van der Waals surface area contributed by atoms with Crippen molar-refractivity contribution in [2.75, 3.05) is 0 Å². The zero-order valence-corrected chi connectivity index (χ0v) is 11.0. The fourth-order valence-electron chi connectivity index (χ4n) is 2.10. The summed E-state index contributed by atoms with van der Waals surface area (Å²) in [5.74, 6) is 0. The third kappa shape index (κ3) is 2.46. The molecule has 1 aromatic heterocycles. The van der Waals surface area contributed by atoms with E-state index in [-0.39, 0.29) is 0 Å². The van der Waals surface area contributed by atoms with Crippen LogP contribution in [-0.2, 0) is 6.54 Å². The summed E-state index contributed by atoms with van der Waals surface area (Å²) in [5, 5.41) is 7.97. The maximum Gasteiger partial charge on any atom is 0.0677 e. The van der Waals surface area contributed by atoms with Gasteiger partial charge in [0.15, 0.2) is 0 Å². The fourth-order valence-corrected chi connectivity index (χ4v) is 2.10. The second-order valence-corrected chi connectivity index (χ2v) is 5.24. The molecule has 1 aliphatic carbocycles. The Hall–Kier alpha value is -1.61. The lowest BCUT2D eigenvalue weighted by Gasteiger charge is -2.06. The van der Waals surface area contributed by atoms with Gasteiger partial charge in [-0.25, -0.2) is 4.68 Å². The average Bonchev–Trinajstić information content (AvgIpc) is 3.08. The normalized spacial score (nSPS) is 15.0. The van der Waals surface area contributed by atoms with Crippen LogP contribution in [0, 0.1) is 13.8 Å². The first-order valence-corrected chi connectivity index (χ1v) is 6.57. The molecular formula is C15H19N3. The van der Waals surface area contributed by atoms with Crippen LogP contribution >= 0.6 is 0 Å². The highest BCUT2D eigenvalue weighted by Crippen LogP contribution is 2.20. The lowest BCUT2D eigenvalue weighted by molar-refractivity contribution is 0.687.